The zero-order valence-corrected chi connectivity index (χ0v) is 18.3. The van der Waals surface area contributed by atoms with Gasteiger partial charge in [-0.1, -0.05) is 24.8 Å². The molecule has 0 saturated carbocycles. The van der Waals surface area contributed by atoms with Crippen LogP contribution >= 0.6 is 0 Å². The zero-order valence-electron chi connectivity index (χ0n) is 18.3. The van der Waals surface area contributed by atoms with E-state index in [1.54, 1.807) is 12.3 Å². The number of benzene rings is 2. The summed E-state index contributed by atoms with van der Waals surface area (Å²) in [5.41, 5.74) is 12.0. The molecule has 2 aromatic carbocycles. The van der Waals surface area contributed by atoms with Crippen LogP contribution in [0.5, 0.6) is 0 Å². The van der Waals surface area contributed by atoms with Gasteiger partial charge in [0.2, 0.25) is 5.91 Å². The lowest BCUT2D eigenvalue weighted by Gasteiger charge is -2.13. The molecule has 4 aromatic rings. The average Bonchev–Trinajstić information content (AvgIpc) is 3.42. The van der Waals surface area contributed by atoms with Gasteiger partial charge >= 0.3 is 0 Å². The number of hydrogen-bond acceptors (Lipinski definition) is 3. The maximum atomic E-state index is 12.1. The van der Waals surface area contributed by atoms with Gasteiger partial charge < -0.3 is 16.0 Å². The lowest BCUT2D eigenvalue weighted by molar-refractivity contribution is -0.111. The van der Waals surface area contributed by atoms with Crippen LogP contribution in [0.3, 0.4) is 0 Å². The number of nitrogens with one attached hydrogen (secondary N) is 2. The number of fused-ring (bicyclic) bond motifs is 1. The molecular formula is C25H25N5O2. The topological polar surface area (TPSA) is 106 Å². The molecule has 4 N–H and O–H groups in total. The Kier molecular flexibility index (Phi) is 5.40. The number of hydrogen-bond donors (Lipinski definition) is 3. The third-order valence-corrected chi connectivity index (χ3v) is 5.57. The van der Waals surface area contributed by atoms with Crippen molar-refractivity contribution in [3.8, 4) is 22.4 Å². The highest BCUT2D eigenvalue weighted by Crippen LogP contribution is 2.37. The number of carbonyl (C=O) groups excluding carboxylic acids is 2. The second-order valence-corrected chi connectivity index (χ2v) is 7.97. The Labute approximate surface area is 185 Å². The molecule has 4 rings (SSSR count). The molecule has 7 nitrogen and oxygen atoms in total. The smallest absolute Gasteiger partial charge is 0.250 e. The molecule has 162 valence electrons. The maximum absolute atomic E-state index is 12.1. The lowest BCUT2D eigenvalue weighted by Crippen LogP contribution is -2.11. The van der Waals surface area contributed by atoms with E-state index in [2.05, 4.69) is 35.8 Å². The minimum Gasteiger partial charge on any atom is -0.366 e. The predicted molar refractivity (Wildman–Crippen MR) is 127 cm³/mol. The van der Waals surface area contributed by atoms with Gasteiger partial charge in [0.25, 0.3) is 5.91 Å². The summed E-state index contributed by atoms with van der Waals surface area (Å²) in [4.78, 5) is 27.3. The summed E-state index contributed by atoms with van der Waals surface area (Å²) in [7, 11) is 0. The van der Waals surface area contributed by atoms with Crippen LogP contribution in [0, 0.1) is 6.92 Å². The Morgan fingerprint density at radius 2 is 2.00 bits per heavy atom. The van der Waals surface area contributed by atoms with Crippen molar-refractivity contribution in [1.29, 1.82) is 0 Å². The van der Waals surface area contributed by atoms with Crippen molar-refractivity contribution >= 4 is 28.4 Å². The molecule has 7 heteroatoms. The van der Waals surface area contributed by atoms with Crippen LogP contribution in [0.4, 0.5) is 5.69 Å². The highest BCUT2D eigenvalue weighted by molar-refractivity contribution is 6.11. The fourth-order valence-corrected chi connectivity index (χ4v) is 3.82. The molecule has 0 aliphatic rings. The second kappa shape index (κ2) is 8.19. The lowest BCUT2D eigenvalue weighted by atomic mass is 9.94. The zero-order chi connectivity index (χ0) is 23.0. The Bertz CT molecular complexity index is 1360. The van der Waals surface area contributed by atoms with Gasteiger partial charge in [0, 0.05) is 34.6 Å². The number of nitrogens with zero attached hydrogens (tertiary/aromatic N) is 2. The molecule has 0 bridgehead atoms. The summed E-state index contributed by atoms with van der Waals surface area (Å²) in [6.07, 6.45) is 5.00. The van der Waals surface area contributed by atoms with Crippen molar-refractivity contribution in [3.05, 3.63) is 72.6 Å². The Balaban J connectivity index is 1.91. The summed E-state index contributed by atoms with van der Waals surface area (Å²) in [5, 5.41) is 8.13. The van der Waals surface area contributed by atoms with E-state index >= 15 is 0 Å². The van der Waals surface area contributed by atoms with Gasteiger partial charge in [0.15, 0.2) is 0 Å². The molecule has 0 aliphatic carbocycles. The van der Waals surface area contributed by atoms with E-state index in [1.807, 2.05) is 48.1 Å². The first-order chi connectivity index (χ1) is 15.3. The van der Waals surface area contributed by atoms with Crippen LogP contribution in [0.25, 0.3) is 33.3 Å². The second-order valence-electron chi connectivity index (χ2n) is 7.97. The summed E-state index contributed by atoms with van der Waals surface area (Å²) < 4.78 is 1.88. The Hall–Kier alpha value is -4.13. The van der Waals surface area contributed by atoms with Crippen molar-refractivity contribution < 1.29 is 9.59 Å². The molecule has 32 heavy (non-hydrogen) atoms. The molecule has 0 saturated heterocycles. The first-order valence-corrected chi connectivity index (χ1v) is 10.3. The van der Waals surface area contributed by atoms with Crippen molar-refractivity contribution in [2.24, 2.45) is 5.73 Å². The van der Waals surface area contributed by atoms with Crippen molar-refractivity contribution in [2.45, 2.75) is 26.8 Å². The van der Waals surface area contributed by atoms with Gasteiger partial charge in [0.05, 0.1) is 17.3 Å². The quantitative estimate of drug-likeness (QED) is 0.384. The maximum Gasteiger partial charge on any atom is 0.250 e. The molecule has 0 unspecified atom stereocenters. The van der Waals surface area contributed by atoms with E-state index in [0.29, 0.717) is 16.8 Å². The van der Waals surface area contributed by atoms with Gasteiger partial charge in [-0.15, -0.1) is 0 Å². The number of anilines is 1. The van der Waals surface area contributed by atoms with Crippen molar-refractivity contribution in [1.82, 2.24) is 14.8 Å². The van der Waals surface area contributed by atoms with Gasteiger partial charge in [-0.3, -0.25) is 14.3 Å². The van der Waals surface area contributed by atoms with E-state index in [-0.39, 0.29) is 11.9 Å². The largest absolute Gasteiger partial charge is 0.366 e. The Morgan fingerprint density at radius 1 is 1.22 bits per heavy atom. The monoisotopic (exact) mass is 427 g/mol. The van der Waals surface area contributed by atoms with Crippen molar-refractivity contribution in [3.63, 3.8) is 0 Å². The van der Waals surface area contributed by atoms with E-state index < -0.39 is 5.91 Å². The Morgan fingerprint density at radius 3 is 2.66 bits per heavy atom. The number of nitrogens with two attached hydrogens (primary N) is 1. The van der Waals surface area contributed by atoms with Gasteiger partial charge in [-0.25, -0.2) is 0 Å². The molecule has 0 spiro atoms. The number of primary amides is 1. The minimum atomic E-state index is -0.503. The summed E-state index contributed by atoms with van der Waals surface area (Å²) in [5.74, 6) is -0.776. The number of amides is 2. The van der Waals surface area contributed by atoms with Crippen LogP contribution in [0.15, 0.2) is 61.4 Å². The third-order valence-electron chi connectivity index (χ3n) is 5.57. The standard InChI is InChI=1S/C25H25N5O2/c1-5-23(31)28-21-8-6-7-17(15(21)4)18-9-10-19(25(26)32)24-20(18)11-22(29-24)16-12-27-30(13-16)14(2)3/h5-14,29H,1H2,2-4H3,(H2,26,32)(H,28,31). The van der Waals surface area contributed by atoms with Crippen LogP contribution in [0.1, 0.15) is 35.8 Å². The molecule has 0 atom stereocenters. The van der Waals surface area contributed by atoms with E-state index in [0.717, 1.165) is 33.3 Å². The van der Waals surface area contributed by atoms with Gasteiger partial charge in [-0.2, -0.15) is 5.10 Å². The number of rotatable bonds is 6. The summed E-state index contributed by atoms with van der Waals surface area (Å²) in [6.45, 7) is 9.58. The molecule has 2 aromatic heterocycles. The van der Waals surface area contributed by atoms with Crippen LogP contribution < -0.4 is 11.1 Å². The van der Waals surface area contributed by atoms with E-state index in [4.69, 9.17) is 5.73 Å². The minimum absolute atomic E-state index is 0.237. The SMILES string of the molecule is C=CC(=O)Nc1cccc(-c2ccc(C(N)=O)c3[nH]c(-c4cnn(C(C)C)c4)cc23)c1C. The van der Waals surface area contributed by atoms with Crippen LogP contribution in [-0.2, 0) is 4.79 Å². The highest BCUT2D eigenvalue weighted by Gasteiger charge is 2.18. The molecule has 2 amide bonds. The summed E-state index contributed by atoms with van der Waals surface area (Å²) >= 11 is 0. The number of aromatic nitrogens is 3. The predicted octanol–water partition coefficient (Wildman–Crippen LogP) is 4.81. The average molecular weight is 428 g/mol. The molecule has 2 heterocycles. The number of H-pyrrole nitrogens is 1. The highest BCUT2D eigenvalue weighted by atomic mass is 16.1. The fourth-order valence-electron chi connectivity index (χ4n) is 3.82. The third kappa shape index (κ3) is 3.69. The summed E-state index contributed by atoms with van der Waals surface area (Å²) in [6, 6.07) is 11.6. The van der Waals surface area contributed by atoms with Gasteiger partial charge in [0.1, 0.15) is 0 Å². The number of carbonyl (C=O) groups is 2. The fraction of sp³-hybridized carbons (Fsp3) is 0.160. The van der Waals surface area contributed by atoms with Crippen LogP contribution in [-0.4, -0.2) is 26.6 Å². The van der Waals surface area contributed by atoms with Crippen LogP contribution in [0.2, 0.25) is 0 Å². The molecule has 0 radical (unpaired) electrons. The first kappa shape index (κ1) is 21.1. The molecule has 0 aliphatic heterocycles. The van der Waals surface area contributed by atoms with Crippen molar-refractivity contribution in [2.75, 3.05) is 5.32 Å². The molecular weight excluding hydrogens is 402 g/mol. The number of aromatic amines is 1. The van der Waals surface area contributed by atoms with E-state index in [1.165, 1.54) is 6.08 Å². The van der Waals surface area contributed by atoms with E-state index in [9.17, 15) is 9.59 Å². The van der Waals surface area contributed by atoms with Gasteiger partial charge in [-0.05, 0) is 61.7 Å². The normalized spacial score (nSPS) is 11.1. The first-order valence-electron chi connectivity index (χ1n) is 10.3. The molecule has 0 fully saturated rings.